The summed E-state index contributed by atoms with van der Waals surface area (Å²) in [6, 6.07) is 6.19. The molecule has 0 spiro atoms. The fourth-order valence-corrected chi connectivity index (χ4v) is 5.68. The highest BCUT2D eigenvalue weighted by Gasteiger charge is 2.29. The summed E-state index contributed by atoms with van der Waals surface area (Å²) in [6.07, 6.45) is 0.474. The zero-order chi connectivity index (χ0) is 15.7. The van der Waals surface area contributed by atoms with Gasteiger partial charge in [-0.05, 0) is 18.4 Å². The molecule has 1 saturated heterocycles. The molecule has 1 aromatic rings. The van der Waals surface area contributed by atoms with Crippen molar-refractivity contribution >= 4 is 37.1 Å². The van der Waals surface area contributed by atoms with E-state index >= 15 is 0 Å². The maximum Gasteiger partial charge on any atom is 0.241 e. The van der Waals surface area contributed by atoms with Gasteiger partial charge >= 0.3 is 0 Å². The van der Waals surface area contributed by atoms with Crippen LogP contribution in [0.5, 0.6) is 0 Å². The van der Waals surface area contributed by atoms with Gasteiger partial charge in [0.25, 0.3) is 0 Å². The van der Waals surface area contributed by atoms with E-state index in [-0.39, 0.29) is 39.4 Å². The van der Waals surface area contributed by atoms with Crippen LogP contribution in [0.2, 0.25) is 0 Å². The van der Waals surface area contributed by atoms with E-state index in [9.17, 15) is 16.8 Å². The molecular weight excluding hydrogens is 332 g/mol. The third kappa shape index (κ3) is 4.00. The molecule has 0 saturated carbocycles. The van der Waals surface area contributed by atoms with Gasteiger partial charge < -0.3 is 5.73 Å². The first kappa shape index (κ1) is 16.3. The Balaban J connectivity index is 2.15. The molecule has 1 heterocycles. The summed E-state index contributed by atoms with van der Waals surface area (Å²) < 4.78 is 49.8. The molecule has 3 N–H and O–H groups in total. The number of sulfone groups is 1. The van der Waals surface area contributed by atoms with Gasteiger partial charge in [-0.1, -0.05) is 30.4 Å². The zero-order valence-corrected chi connectivity index (χ0v) is 13.6. The Morgan fingerprint density at radius 2 is 2.05 bits per heavy atom. The lowest BCUT2D eigenvalue weighted by Gasteiger charge is -2.13. The summed E-state index contributed by atoms with van der Waals surface area (Å²) in [5.41, 5.74) is 5.80. The van der Waals surface area contributed by atoms with E-state index in [2.05, 4.69) is 4.72 Å². The predicted molar refractivity (Wildman–Crippen MR) is 84.3 cm³/mol. The molecule has 0 aliphatic carbocycles. The van der Waals surface area contributed by atoms with Crippen LogP contribution >= 0.6 is 12.2 Å². The quantitative estimate of drug-likeness (QED) is 0.728. The summed E-state index contributed by atoms with van der Waals surface area (Å²) >= 11 is 4.85. The molecular formula is C12H16N2O4S3. The van der Waals surface area contributed by atoms with Crippen LogP contribution in [0.3, 0.4) is 0 Å². The second-order valence-corrected chi connectivity index (χ2v) is 9.39. The molecule has 0 bridgehead atoms. The van der Waals surface area contributed by atoms with Crippen molar-refractivity contribution < 1.29 is 16.8 Å². The number of nitrogens with two attached hydrogens (primary N) is 1. The third-order valence-corrected chi connectivity index (χ3v) is 6.87. The van der Waals surface area contributed by atoms with Crippen LogP contribution in [0.15, 0.2) is 29.2 Å². The second-order valence-electron chi connectivity index (χ2n) is 4.98. The molecule has 1 aliphatic heterocycles. The van der Waals surface area contributed by atoms with Gasteiger partial charge in [0.05, 0.1) is 16.4 Å². The normalized spacial score (nSPS) is 21.2. The van der Waals surface area contributed by atoms with E-state index < -0.39 is 19.9 Å². The van der Waals surface area contributed by atoms with Crippen molar-refractivity contribution in [2.45, 2.75) is 11.3 Å². The third-order valence-electron chi connectivity index (χ3n) is 3.33. The van der Waals surface area contributed by atoms with Crippen LogP contribution in [0.25, 0.3) is 0 Å². The van der Waals surface area contributed by atoms with E-state index in [1.165, 1.54) is 12.1 Å². The monoisotopic (exact) mass is 348 g/mol. The fourth-order valence-electron chi connectivity index (χ4n) is 2.24. The smallest absolute Gasteiger partial charge is 0.241 e. The van der Waals surface area contributed by atoms with Crippen LogP contribution in [0, 0.1) is 5.92 Å². The summed E-state index contributed by atoms with van der Waals surface area (Å²) in [5, 5.41) is 0. The molecule has 1 unspecified atom stereocenters. The summed E-state index contributed by atoms with van der Waals surface area (Å²) in [5.74, 6) is -0.0585. The zero-order valence-electron chi connectivity index (χ0n) is 11.2. The van der Waals surface area contributed by atoms with E-state index in [1.54, 1.807) is 12.1 Å². The van der Waals surface area contributed by atoms with Crippen molar-refractivity contribution in [1.82, 2.24) is 4.72 Å². The van der Waals surface area contributed by atoms with Gasteiger partial charge in [0, 0.05) is 12.1 Å². The van der Waals surface area contributed by atoms with Gasteiger partial charge in [-0.15, -0.1) is 0 Å². The minimum Gasteiger partial charge on any atom is -0.389 e. The van der Waals surface area contributed by atoms with Crippen LogP contribution in [-0.4, -0.2) is 39.9 Å². The molecule has 2 rings (SSSR count). The summed E-state index contributed by atoms with van der Waals surface area (Å²) in [7, 11) is -6.80. The van der Waals surface area contributed by atoms with Crippen LogP contribution in [-0.2, 0) is 19.9 Å². The van der Waals surface area contributed by atoms with E-state index in [0.717, 1.165) is 0 Å². The van der Waals surface area contributed by atoms with Crippen molar-refractivity contribution in [3.8, 4) is 0 Å². The van der Waals surface area contributed by atoms with Crippen molar-refractivity contribution in [3.63, 3.8) is 0 Å². The maximum absolute atomic E-state index is 12.3. The van der Waals surface area contributed by atoms with Crippen LogP contribution in [0.1, 0.15) is 12.0 Å². The lowest BCUT2D eigenvalue weighted by atomic mass is 10.1. The molecule has 116 valence electrons. The highest BCUT2D eigenvalue weighted by Crippen LogP contribution is 2.19. The van der Waals surface area contributed by atoms with Gasteiger partial charge in [0.15, 0.2) is 9.84 Å². The van der Waals surface area contributed by atoms with Gasteiger partial charge in [0.1, 0.15) is 4.99 Å². The standard InChI is InChI=1S/C12H16N2O4S3/c13-12(19)10-3-1-2-4-11(10)21(17,18)14-7-9-5-6-20(15,16)8-9/h1-4,9,14H,5-8H2,(H2,13,19). The Morgan fingerprint density at radius 1 is 1.38 bits per heavy atom. The lowest BCUT2D eigenvalue weighted by Crippen LogP contribution is -2.31. The highest BCUT2D eigenvalue weighted by atomic mass is 32.2. The number of nitrogens with one attached hydrogen (secondary N) is 1. The second kappa shape index (κ2) is 5.99. The van der Waals surface area contributed by atoms with Crippen LogP contribution < -0.4 is 10.5 Å². The predicted octanol–water partition coefficient (Wildman–Crippen LogP) is 0.0338. The minimum atomic E-state index is -3.77. The number of rotatable bonds is 5. The van der Waals surface area contributed by atoms with E-state index in [1.807, 2.05) is 0 Å². The van der Waals surface area contributed by atoms with E-state index in [4.69, 9.17) is 18.0 Å². The van der Waals surface area contributed by atoms with Gasteiger partial charge in [-0.25, -0.2) is 21.6 Å². The molecule has 9 heteroatoms. The molecule has 0 aromatic heterocycles. The molecule has 0 radical (unpaired) electrons. The Bertz CT molecular complexity index is 756. The molecule has 1 aromatic carbocycles. The Morgan fingerprint density at radius 3 is 2.62 bits per heavy atom. The van der Waals surface area contributed by atoms with E-state index in [0.29, 0.717) is 6.42 Å². The lowest BCUT2D eigenvalue weighted by molar-refractivity contribution is 0.543. The maximum atomic E-state index is 12.3. The summed E-state index contributed by atoms with van der Waals surface area (Å²) in [4.78, 5) is 0.0118. The highest BCUT2D eigenvalue weighted by molar-refractivity contribution is 7.91. The van der Waals surface area contributed by atoms with Crippen LogP contribution in [0.4, 0.5) is 0 Å². The van der Waals surface area contributed by atoms with Gasteiger partial charge in [0.2, 0.25) is 10.0 Å². The molecule has 1 aliphatic rings. The molecule has 0 amide bonds. The van der Waals surface area contributed by atoms with Crippen molar-refractivity contribution in [3.05, 3.63) is 29.8 Å². The first-order chi connectivity index (χ1) is 9.71. The molecule has 1 atom stereocenters. The fraction of sp³-hybridized carbons (Fsp3) is 0.417. The number of thiocarbonyl (C=S) groups is 1. The van der Waals surface area contributed by atoms with Crippen molar-refractivity contribution in [2.24, 2.45) is 11.7 Å². The van der Waals surface area contributed by atoms with Crippen molar-refractivity contribution in [2.75, 3.05) is 18.1 Å². The average Bonchev–Trinajstić information content (AvgIpc) is 2.76. The van der Waals surface area contributed by atoms with Crippen molar-refractivity contribution in [1.29, 1.82) is 0 Å². The molecule has 6 nitrogen and oxygen atoms in total. The Labute approximate surface area is 129 Å². The summed E-state index contributed by atoms with van der Waals surface area (Å²) in [6.45, 7) is 0.0905. The topological polar surface area (TPSA) is 106 Å². The first-order valence-corrected chi connectivity index (χ1v) is 10.0. The van der Waals surface area contributed by atoms with Gasteiger partial charge in [-0.3, -0.25) is 0 Å². The average molecular weight is 348 g/mol. The largest absolute Gasteiger partial charge is 0.389 e. The number of hydrogen-bond acceptors (Lipinski definition) is 5. The Kier molecular flexibility index (Phi) is 4.66. The Hall–Kier alpha value is -1.03. The van der Waals surface area contributed by atoms with Gasteiger partial charge in [-0.2, -0.15) is 0 Å². The number of benzene rings is 1. The molecule has 21 heavy (non-hydrogen) atoms. The molecule has 1 fully saturated rings. The minimum absolute atomic E-state index is 0.000538. The SMILES string of the molecule is NC(=S)c1ccccc1S(=O)(=O)NCC1CCS(=O)(=O)C1. The first-order valence-electron chi connectivity index (χ1n) is 6.30. The number of sulfonamides is 1. The number of hydrogen-bond donors (Lipinski definition) is 2.